The molecule has 1 aromatic rings. The SMILES string of the molecule is CCCCCCCCCCCCCCCCCC(=O)Nc1ccn([C@@H]2O[C@H](CO)[C@@H](O)[C@@H]2O)c(=O)n1.O=P(O)(O)O. The highest BCUT2D eigenvalue weighted by molar-refractivity contribution is 7.45. The van der Waals surface area contributed by atoms with E-state index in [9.17, 15) is 24.9 Å². The summed E-state index contributed by atoms with van der Waals surface area (Å²) in [5, 5.41) is 31.8. The van der Waals surface area contributed by atoms with Crippen molar-refractivity contribution in [3.63, 3.8) is 0 Å². The van der Waals surface area contributed by atoms with Crippen molar-refractivity contribution in [1.29, 1.82) is 0 Å². The first kappa shape index (κ1) is 37.3. The van der Waals surface area contributed by atoms with E-state index in [4.69, 9.17) is 24.0 Å². The van der Waals surface area contributed by atoms with E-state index in [2.05, 4.69) is 17.2 Å². The number of unbranched alkanes of at least 4 members (excludes halogenated alkanes) is 14. The number of hydrogen-bond acceptors (Lipinski definition) is 8. The first-order valence-corrected chi connectivity index (χ1v) is 16.3. The molecule has 0 aliphatic carbocycles. The van der Waals surface area contributed by atoms with Gasteiger partial charge in [0, 0.05) is 12.6 Å². The first-order chi connectivity index (χ1) is 19.5. The maximum Gasteiger partial charge on any atom is 0.466 e. The lowest BCUT2D eigenvalue weighted by Gasteiger charge is -2.17. The molecule has 1 aromatic heterocycles. The van der Waals surface area contributed by atoms with Gasteiger partial charge in [-0.05, 0) is 12.5 Å². The molecule has 2 rings (SSSR count). The standard InChI is InChI=1S/C27H47N3O6.H3O4P/c1-2-3-4-5-6-7-8-9-10-11-12-13-14-15-16-17-23(32)28-22-18-19-30(27(35)29-22)26-25(34)24(33)21(20-31)36-26;1-5(2,3)4/h18-19,21,24-26,31,33-34H,2-17,20H2,1H3,(H,28,29,32,35);(H3,1,2,3,4)/t21-,24-,25+,26-;/m1./s1. The molecule has 1 amide bonds. The Bertz CT molecular complexity index is 949. The average Bonchev–Trinajstić information content (AvgIpc) is 3.18. The van der Waals surface area contributed by atoms with Gasteiger partial charge in [0.25, 0.3) is 0 Å². The topological polar surface area (TPSA) is 212 Å². The van der Waals surface area contributed by atoms with Crippen LogP contribution in [-0.2, 0) is 14.1 Å². The number of aliphatic hydroxyl groups is 3. The van der Waals surface area contributed by atoms with Crippen molar-refractivity contribution < 1.29 is 44.1 Å². The van der Waals surface area contributed by atoms with Crippen LogP contribution >= 0.6 is 7.82 Å². The molecule has 14 heteroatoms. The lowest BCUT2D eigenvalue weighted by atomic mass is 10.0. The summed E-state index contributed by atoms with van der Waals surface area (Å²) >= 11 is 0. The van der Waals surface area contributed by atoms with Crippen molar-refractivity contribution in [3.05, 3.63) is 22.7 Å². The predicted molar refractivity (Wildman–Crippen MR) is 154 cm³/mol. The summed E-state index contributed by atoms with van der Waals surface area (Å²) in [5.41, 5.74) is -0.727. The molecule has 2 heterocycles. The third-order valence-electron chi connectivity index (χ3n) is 6.90. The monoisotopic (exact) mass is 607 g/mol. The van der Waals surface area contributed by atoms with Crippen LogP contribution in [0.5, 0.6) is 0 Å². The van der Waals surface area contributed by atoms with Crippen molar-refractivity contribution in [1.82, 2.24) is 9.55 Å². The first-order valence-electron chi connectivity index (χ1n) is 14.8. The minimum Gasteiger partial charge on any atom is -0.394 e. The van der Waals surface area contributed by atoms with Gasteiger partial charge in [0.2, 0.25) is 5.91 Å². The molecule has 1 aliphatic rings. The van der Waals surface area contributed by atoms with Gasteiger partial charge in [0.05, 0.1) is 6.61 Å². The third kappa shape index (κ3) is 17.1. The molecule has 7 N–H and O–H groups in total. The number of anilines is 1. The Labute approximate surface area is 242 Å². The Hall–Kier alpha value is -1.70. The lowest BCUT2D eigenvalue weighted by molar-refractivity contribution is -0.116. The van der Waals surface area contributed by atoms with E-state index in [1.54, 1.807) is 0 Å². The summed E-state index contributed by atoms with van der Waals surface area (Å²) in [7, 11) is -4.64. The van der Waals surface area contributed by atoms with Crippen LogP contribution in [0.2, 0.25) is 0 Å². The minimum atomic E-state index is -4.64. The molecule has 0 bridgehead atoms. The van der Waals surface area contributed by atoms with Crippen molar-refractivity contribution in [3.8, 4) is 0 Å². The van der Waals surface area contributed by atoms with Gasteiger partial charge < -0.3 is 40.1 Å². The van der Waals surface area contributed by atoms with E-state index in [1.165, 1.54) is 89.3 Å². The summed E-state index contributed by atoms with van der Waals surface area (Å²) < 4.78 is 15.3. The molecule has 0 saturated carbocycles. The van der Waals surface area contributed by atoms with Gasteiger partial charge in [-0.25, -0.2) is 9.36 Å². The predicted octanol–water partition coefficient (Wildman–Crippen LogP) is 3.13. The molecule has 0 aromatic carbocycles. The fourth-order valence-corrected chi connectivity index (χ4v) is 4.65. The molecule has 41 heavy (non-hydrogen) atoms. The molecule has 0 unspecified atom stereocenters. The second-order valence-electron chi connectivity index (χ2n) is 10.5. The number of aromatic nitrogens is 2. The van der Waals surface area contributed by atoms with Crippen LogP contribution in [0.3, 0.4) is 0 Å². The van der Waals surface area contributed by atoms with Crippen LogP contribution in [0.4, 0.5) is 5.82 Å². The van der Waals surface area contributed by atoms with Crippen LogP contribution in [-0.4, -0.2) is 70.4 Å². The summed E-state index contributed by atoms with van der Waals surface area (Å²) in [6.07, 6.45) is 15.9. The maximum atomic E-state index is 12.3. The Kier molecular flexibility index (Phi) is 19.2. The zero-order valence-electron chi connectivity index (χ0n) is 24.1. The second-order valence-corrected chi connectivity index (χ2v) is 11.5. The highest BCUT2D eigenvalue weighted by atomic mass is 31.2. The van der Waals surface area contributed by atoms with Crippen LogP contribution in [0.1, 0.15) is 116 Å². The third-order valence-corrected chi connectivity index (χ3v) is 6.90. The summed E-state index contributed by atoms with van der Waals surface area (Å²) in [6.45, 7) is 1.77. The number of phosphoric acid groups is 1. The Morgan fingerprint density at radius 3 is 1.78 bits per heavy atom. The highest BCUT2D eigenvalue weighted by Crippen LogP contribution is 2.28. The molecule has 238 valence electrons. The van der Waals surface area contributed by atoms with E-state index < -0.39 is 44.7 Å². The number of hydrogen-bond donors (Lipinski definition) is 7. The van der Waals surface area contributed by atoms with Gasteiger partial charge in [-0.1, -0.05) is 96.8 Å². The zero-order valence-corrected chi connectivity index (χ0v) is 25.0. The average molecular weight is 608 g/mol. The summed E-state index contributed by atoms with van der Waals surface area (Å²) in [4.78, 5) is 49.9. The van der Waals surface area contributed by atoms with E-state index >= 15 is 0 Å². The second kappa shape index (κ2) is 21.1. The van der Waals surface area contributed by atoms with Gasteiger partial charge >= 0.3 is 13.5 Å². The summed E-state index contributed by atoms with van der Waals surface area (Å²) in [6, 6.07) is 1.44. The van der Waals surface area contributed by atoms with Crippen molar-refractivity contribution in [2.75, 3.05) is 11.9 Å². The van der Waals surface area contributed by atoms with Crippen LogP contribution < -0.4 is 11.0 Å². The molecular weight excluding hydrogens is 557 g/mol. The normalized spacial score (nSPS) is 20.5. The molecule has 1 fully saturated rings. The number of carbonyl (C=O) groups excluding carboxylic acids is 1. The molecule has 13 nitrogen and oxygen atoms in total. The number of aliphatic hydroxyl groups excluding tert-OH is 3. The van der Waals surface area contributed by atoms with Gasteiger partial charge in [0.15, 0.2) is 6.23 Å². The van der Waals surface area contributed by atoms with E-state index in [0.29, 0.717) is 6.42 Å². The molecular formula is C27H50N3O10P. The van der Waals surface area contributed by atoms with E-state index in [-0.39, 0.29) is 11.7 Å². The Morgan fingerprint density at radius 2 is 1.37 bits per heavy atom. The summed E-state index contributed by atoms with van der Waals surface area (Å²) in [5.74, 6) is -0.0591. The van der Waals surface area contributed by atoms with E-state index in [0.717, 1.165) is 23.8 Å². The zero-order chi connectivity index (χ0) is 30.7. The largest absolute Gasteiger partial charge is 0.466 e. The van der Waals surface area contributed by atoms with Gasteiger partial charge in [-0.2, -0.15) is 4.98 Å². The van der Waals surface area contributed by atoms with Crippen LogP contribution in [0.15, 0.2) is 17.1 Å². The number of carbonyl (C=O) groups is 1. The van der Waals surface area contributed by atoms with Crippen molar-refractivity contribution >= 4 is 19.5 Å². The number of rotatable bonds is 19. The highest BCUT2D eigenvalue weighted by Gasteiger charge is 2.43. The fraction of sp³-hybridized carbons (Fsp3) is 0.815. The number of amides is 1. The quantitative estimate of drug-likeness (QED) is 0.0896. The van der Waals surface area contributed by atoms with Gasteiger partial charge in [-0.15, -0.1) is 0 Å². The van der Waals surface area contributed by atoms with E-state index in [1.807, 2.05) is 0 Å². The van der Waals surface area contributed by atoms with Crippen molar-refractivity contribution in [2.45, 2.75) is 134 Å². The van der Waals surface area contributed by atoms with Gasteiger partial charge in [-0.3, -0.25) is 9.36 Å². The Balaban J connectivity index is 0.00000154. The minimum absolute atomic E-state index is 0.133. The van der Waals surface area contributed by atoms with Crippen LogP contribution in [0.25, 0.3) is 0 Å². The number of nitrogens with zero attached hydrogens (tertiary/aromatic N) is 2. The number of ether oxygens (including phenoxy) is 1. The molecule has 0 spiro atoms. The smallest absolute Gasteiger partial charge is 0.394 e. The lowest BCUT2D eigenvalue weighted by Crippen LogP contribution is -2.36. The molecule has 1 aliphatic heterocycles. The Morgan fingerprint density at radius 1 is 0.902 bits per heavy atom. The molecule has 4 atom stereocenters. The number of nitrogens with one attached hydrogen (secondary N) is 1. The fourth-order valence-electron chi connectivity index (χ4n) is 4.65. The van der Waals surface area contributed by atoms with Crippen LogP contribution in [0, 0.1) is 0 Å². The molecule has 0 radical (unpaired) electrons. The molecule has 1 saturated heterocycles. The van der Waals surface area contributed by atoms with Gasteiger partial charge in [0.1, 0.15) is 24.1 Å². The van der Waals surface area contributed by atoms with Crippen molar-refractivity contribution in [2.24, 2.45) is 0 Å². The maximum absolute atomic E-state index is 12.3.